The smallest absolute Gasteiger partial charge is 0.410 e. The molecule has 5 rings (SSSR count). The maximum atomic E-state index is 12.5. The van der Waals surface area contributed by atoms with E-state index in [1.54, 1.807) is 12.0 Å². The fourth-order valence-electron chi connectivity index (χ4n) is 5.20. The second-order valence-corrected chi connectivity index (χ2v) is 10.9. The van der Waals surface area contributed by atoms with Gasteiger partial charge in [-0.3, -0.25) is 14.3 Å². The molecular formula is C27H37N7O3. The van der Waals surface area contributed by atoms with Crippen LogP contribution in [0.25, 0.3) is 5.65 Å². The molecule has 1 fully saturated rings. The van der Waals surface area contributed by atoms with Gasteiger partial charge in [-0.2, -0.15) is 4.98 Å². The molecule has 10 nitrogen and oxygen atoms in total. The van der Waals surface area contributed by atoms with Crippen molar-refractivity contribution in [2.75, 3.05) is 45.2 Å². The van der Waals surface area contributed by atoms with Crippen molar-refractivity contribution in [2.45, 2.75) is 58.2 Å². The highest BCUT2D eigenvalue weighted by molar-refractivity contribution is 5.68. The molecule has 4 heterocycles. The number of aryl methyl sites for hydroxylation is 1. The van der Waals surface area contributed by atoms with Crippen molar-refractivity contribution in [3.63, 3.8) is 0 Å². The number of carbonyl (C=O) groups is 1. The minimum Gasteiger partial charge on any atom is -0.481 e. The van der Waals surface area contributed by atoms with E-state index >= 15 is 0 Å². The quantitative estimate of drug-likeness (QED) is 0.517. The molecule has 1 aliphatic carbocycles. The van der Waals surface area contributed by atoms with E-state index in [0.29, 0.717) is 38.6 Å². The highest BCUT2D eigenvalue weighted by Gasteiger charge is 2.29. The molecule has 3 aromatic rings. The summed E-state index contributed by atoms with van der Waals surface area (Å²) in [4.78, 5) is 33.2. The van der Waals surface area contributed by atoms with Gasteiger partial charge in [-0.15, -0.1) is 0 Å². The molecule has 0 radical (unpaired) electrons. The summed E-state index contributed by atoms with van der Waals surface area (Å²) < 4.78 is 13.1. The first-order chi connectivity index (χ1) is 17.7. The molecule has 0 N–H and O–H groups in total. The predicted octanol–water partition coefficient (Wildman–Crippen LogP) is 3.70. The molecule has 0 saturated carbocycles. The van der Waals surface area contributed by atoms with Gasteiger partial charge in [0.05, 0.1) is 24.5 Å². The molecule has 0 aromatic carbocycles. The highest BCUT2D eigenvalue weighted by atomic mass is 16.6. The lowest BCUT2D eigenvalue weighted by Crippen LogP contribution is -2.50. The molecule has 198 valence electrons. The summed E-state index contributed by atoms with van der Waals surface area (Å²) in [5.74, 6) is 1.29. The normalized spacial score (nSPS) is 18.3. The topological polar surface area (TPSA) is 88.3 Å². The molecule has 1 atom stereocenters. The Morgan fingerprint density at radius 1 is 1.19 bits per heavy atom. The van der Waals surface area contributed by atoms with Crippen LogP contribution in [0.15, 0.2) is 30.6 Å². The Kier molecular flexibility index (Phi) is 6.94. The molecule has 0 unspecified atom stereocenters. The zero-order chi connectivity index (χ0) is 26.2. The SMILES string of the molecule is COc1cc2nc(CN(C)[C@H]3CCCc4cccnc43)cn2c(N2CCN(C(=O)OC(C)(C)C)CC2)n1. The highest BCUT2D eigenvalue weighted by Crippen LogP contribution is 2.33. The average Bonchev–Trinajstić information content (AvgIpc) is 3.29. The number of anilines is 1. The first-order valence-corrected chi connectivity index (χ1v) is 13.0. The predicted molar refractivity (Wildman–Crippen MR) is 141 cm³/mol. The maximum absolute atomic E-state index is 12.5. The Morgan fingerprint density at radius 3 is 2.70 bits per heavy atom. The Bertz CT molecular complexity index is 1260. The van der Waals surface area contributed by atoms with Crippen LogP contribution in [0.2, 0.25) is 0 Å². The van der Waals surface area contributed by atoms with Crippen molar-refractivity contribution in [1.29, 1.82) is 0 Å². The summed E-state index contributed by atoms with van der Waals surface area (Å²) in [6.07, 6.45) is 7.04. The van der Waals surface area contributed by atoms with Crippen LogP contribution < -0.4 is 9.64 Å². The minimum absolute atomic E-state index is 0.275. The molecule has 2 aliphatic rings. The van der Waals surface area contributed by atoms with Crippen molar-refractivity contribution < 1.29 is 14.3 Å². The third kappa shape index (κ3) is 5.49. The number of nitrogens with zero attached hydrogens (tertiary/aromatic N) is 7. The van der Waals surface area contributed by atoms with Crippen LogP contribution >= 0.6 is 0 Å². The number of hydrogen-bond acceptors (Lipinski definition) is 8. The molecular weight excluding hydrogens is 470 g/mol. The summed E-state index contributed by atoms with van der Waals surface area (Å²) in [6.45, 7) is 8.78. The van der Waals surface area contributed by atoms with Gasteiger partial charge in [0, 0.05) is 51.2 Å². The van der Waals surface area contributed by atoms with E-state index in [2.05, 4.69) is 29.1 Å². The van der Waals surface area contributed by atoms with Gasteiger partial charge in [0.2, 0.25) is 11.8 Å². The van der Waals surface area contributed by atoms with Gasteiger partial charge >= 0.3 is 6.09 Å². The number of methoxy groups -OCH3 is 1. The molecule has 1 aliphatic heterocycles. The first-order valence-electron chi connectivity index (χ1n) is 13.0. The van der Waals surface area contributed by atoms with E-state index in [4.69, 9.17) is 24.4 Å². The second kappa shape index (κ2) is 10.2. The van der Waals surface area contributed by atoms with Gasteiger partial charge in [-0.1, -0.05) is 6.07 Å². The number of carbonyl (C=O) groups excluding carboxylic acids is 1. The van der Waals surface area contributed by atoms with Crippen LogP contribution in [0.4, 0.5) is 10.7 Å². The van der Waals surface area contributed by atoms with Crippen molar-refractivity contribution in [2.24, 2.45) is 0 Å². The van der Waals surface area contributed by atoms with Gasteiger partial charge < -0.3 is 19.3 Å². The molecule has 10 heteroatoms. The van der Waals surface area contributed by atoms with E-state index in [-0.39, 0.29) is 12.1 Å². The summed E-state index contributed by atoms with van der Waals surface area (Å²) in [5.41, 5.74) is 3.79. The van der Waals surface area contributed by atoms with Crippen molar-refractivity contribution in [3.05, 3.63) is 47.5 Å². The fourth-order valence-corrected chi connectivity index (χ4v) is 5.20. The molecule has 1 saturated heterocycles. The number of hydrogen-bond donors (Lipinski definition) is 0. The van der Waals surface area contributed by atoms with Crippen LogP contribution in [0.3, 0.4) is 0 Å². The minimum atomic E-state index is -0.509. The number of ether oxygens (including phenoxy) is 2. The average molecular weight is 508 g/mol. The van der Waals surface area contributed by atoms with Gasteiger partial charge in [0.25, 0.3) is 0 Å². The van der Waals surface area contributed by atoms with Crippen molar-refractivity contribution in [1.82, 2.24) is 29.2 Å². The number of amides is 1. The number of rotatable bonds is 5. The molecule has 0 bridgehead atoms. The van der Waals surface area contributed by atoms with E-state index < -0.39 is 5.60 Å². The van der Waals surface area contributed by atoms with Crippen LogP contribution in [0.5, 0.6) is 5.88 Å². The van der Waals surface area contributed by atoms with Crippen LogP contribution in [0.1, 0.15) is 56.6 Å². The lowest BCUT2D eigenvalue weighted by atomic mass is 9.91. The number of fused-ring (bicyclic) bond motifs is 2. The van der Waals surface area contributed by atoms with E-state index in [1.165, 1.54) is 17.7 Å². The monoisotopic (exact) mass is 507 g/mol. The van der Waals surface area contributed by atoms with Gasteiger partial charge in [0.1, 0.15) is 11.2 Å². The zero-order valence-electron chi connectivity index (χ0n) is 22.5. The van der Waals surface area contributed by atoms with Crippen molar-refractivity contribution >= 4 is 17.7 Å². The van der Waals surface area contributed by atoms with E-state index in [9.17, 15) is 4.79 Å². The molecule has 37 heavy (non-hydrogen) atoms. The summed E-state index contributed by atoms with van der Waals surface area (Å²) in [5, 5.41) is 0. The Hall–Kier alpha value is -3.40. The largest absolute Gasteiger partial charge is 0.481 e. The molecule has 1 amide bonds. The maximum Gasteiger partial charge on any atom is 0.410 e. The molecule has 0 spiro atoms. The lowest BCUT2D eigenvalue weighted by molar-refractivity contribution is 0.0240. The summed E-state index contributed by atoms with van der Waals surface area (Å²) in [7, 11) is 3.77. The zero-order valence-corrected chi connectivity index (χ0v) is 22.5. The van der Waals surface area contributed by atoms with Crippen LogP contribution in [-0.2, 0) is 17.7 Å². The van der Waals surface area contributed by atoms with Crippen LogP contribution in [-0.4, -0.2) is 81.2 Å². The van der Waals surface area contributed by atoms with Gasteiger partial charge in [-0.25, -0.2) is 9.78 Å². The summed E-state index contributed by atoms with van der Waals surface area (Å²) in [6, 6.07) is 6.36. The van der Waals surface area contributed by atoms with Crippen LogP contribution in [0, 0.1) is 0 Å². The third-order valence-electron chi connectivity index (χ3n) is 6.99. The Morgan fingerprint density at radius 2 is 1.97 bits per heavy atom. The van der Waals surface area contributed by atoms with Crippen molar-refractivity contribution in [3.8, 4) is 5.88 Å². The fraction of sp³-hybridized carbons (Fsp3) is 0.556. The number of pyridine rings is 1. The molecule has 3 aromatic heterocycles. The lowest BCUT2D eigenvalue weighted by Gasteiger charge is -2.36. The first kappa shape index (κ1) is 25.3. The van der Waals surface area contributed by atoms with E-state index in [1.807, 2.05) is 43.5 Å². The van der Waals surface area contributed by atoms with Gasteiger partial charge in [-0.05, 0) is 58.7 Å². The second-order valence-electron chi connectivity index (χ2n) is 10.9. The standard InChI is InChI=1S/C27H37N7O3/c1-27(2,3)37-26(35)33-14-12-32(13-15-33)25-30-23(36-5)16-22-29-20(18-34(22)25)17-31(4)21-10-6-8-19-9-7-11-28-24(19)21/h7,9,11,16,18,21H,6,8,10,12-15,17H2,1-5H3/t21-/m0/s1. The summed E-state index contributed by atoms with van der Waals surface area (Å²) >= 11 is 0. The Balaban J connectivity index is 1.34. The van der Waals surface area contributed by atoms with E-state index in [0.717, 1.165) is 30.1 Å². The van der Waals surface area contributed by atoms with Gasteiger partial charge in [0.15, 0.2) is 0 Å². The Labute approximate surface area is 218 Å². The number of imidazole rings is 1. The third-order valence-corrected chi connectivity index (χ3v) is 6.99. The number of piperazine rings is 1. The number of aromatic nitrogens is 4.